The highest BCUT2D eigenvalue weighted by Gasteiger charge is 2.20. The van der Waals surface area contributed by atoms with Gasteiger partial charge in [0.15, 0.2) is 11.4 Å². The number of pyridine rings is 2. The van der Waals surface area contributed by atoms with E-state index in [1.165, 1.54) is 18.2 Å². The van der Waals surface area contributed by atoms with E-state index >= 15 is 0 Å². The number of benzene rings is 2. The Balaban J connectivity index is 1.48. The van der Waals surface area contributed by atoms with Crippen molar-refractivity contribution in [3.8, 4) is 5.75 Å². The van der Waals surface area contributed by atoms with E-state index in [9.17, 15) is 13.6 Å². The second-order valence-corrected chi connectivity index (χ2v) is 7.88. The van der Waals surface area contributed by atoms with E-state index in [0.29, 0.717) is 28.5 Å². The summed E-state index contributed by atoms with van der Waals surface area (Å²) in [5.41, 5.74) is 3.47. The van der Waals surface area contributed by atoms with Crippen LogP contribution in [0.4, 0.5) is 14.5 Å². The fraction of sp³-hybridized carbons (Fsp3) is 0.115. The zero-order valence-corrected chi connectivity index (χ0v) is 18.5. The first kappa shape index (κ1) is 21.5. The minimum atomic E-state index is -0.689. The molecule has 8 heteroatoms. The van der Waals surface area contributed by atoms with Gasteiger partial charge in [0.1, 0.15) is 23.9 Å². The summed E-state index contributed by atoms with van der Waals surface area (Å²) in [6.45, 7) is 3.37. The van der Waals surface area contributed by atoms with Crippen LogP contribution < -0.4 is 10.1 Å². The van der Waals surface area contributed by atoms with Crippen molar-refractivity contribution in [2.45, 2.75) is 20.5 Å². The number of halogens is 2. The van der Waals surface area contributed by atoms with Crippen LogP contribution in [-0.2, 0) is 6.61 Å². The number of aromatic nitrogens is 3. The minimum Gasteiger partial charge on any atom is -0.485 e. The van der Waals surface area contributed by atoms with Crippen LogP contribution in [0.5, 0.6) is 5.75 Å². The zero-order valence-electron chi connectivity index (χ0n) is 18.5. The molecule has 2 aromatic carbocycles. The monoisotopic (exact) mass is 458 g/mol. The molecular formula is C26H20F2N4O2. The minimum absolute atomic E-state index is 0.175. The van der Waals surface area contributed by atoms with E-state index in [4.69, 9.17) is 4.74 Å². The molecule has 0 aliphatic heterocycles. The van der Waals surface area contributed by atoms with Crippen molar-refractivity contribution in [3.63, 3.8) is 0 Å². The largest absolute Gasteiger partial charge is 0.485 e. The number of nitrogens with zero attached hydrogens (tertiary/aromatic N) is 3. The van der Waals surface area contributed by atoms with Gasteiger partial charge in [-0.2, -0.15) is 0 Å². The molecule has 170 valence electrons. The first-order valence-electron chi connectivity index (χ1n) is 10.6. The summed E-state index contributed by atoms with van der Waals surface area (Å²) in [5, 5.41) is 3.79. The maximum Gasteiger partial charge on any atom is 0.274 e. The summed E-state index contributed by atoms with van der Waals surface area (Å²) in [6, 6.07) is 14.4. The van der Waals surface area contributed by atoms with Crippen molar-refractivity contribution >= 4 is 28.1 Å². The number of hydrogen-bond acceptors (Lipinski definition) is 4. The molecule has 5 aromatic rings. The number of hydrogen-bond donors (Lipinski definition) is 1. The molecule has 6 nitrogen and oxygen atoms in total. The molecule has 0 spiro atoms. The number of amides is 1. The third-order valence-electron chi connectivity index (χ3n) is 5.66. The summed E-state index contributed by atoms with van der Waals surface area (Å²) in [7, 11) is 0. The normalized spacial score (nSPS) is 11.2. The van der Waals surface area contributed by atoms with E-state index in [1.807, 2.05) is 31.2 Å². The van der Waals surface area contributed by atoms with Gasteiger partial charge in [0, 0.05) is 17.8 Å². The van der Waals surface area contributed by atoms with E-state index < -0.39 is 11.6 Å². The Hall–Kier alpha value is -4.33. The van der Waals surface area contributed by atoms with Crippen LogP contribution in [-0.4, -0.2) is 20.3 Å². The number of nitrogens with one attached hydrogen (secondary N) is 1. The average Bonchev–Trinajstić information content (AvgIpc) is 3.17. The average molecular weight is 458 g/mol. The first-order chi connectivity index (χ1) is 16.4. The SMILES string of the molecule is Cc1nc2c(OCc3c(F)cccc3F)cccn2c1C(=O)Nc1ccc(C)c2ncccc12. The molecule has 1 amide bonds. The first-order valence-corrected chi connectivity index (χ1v) is 10.6. The number of carbonyl (C=O) groups excluding carboxylic acids is 1. The molecule has 34 heavy (non-hydrogen) atoms. The molecule has 0 saturated heterocycles. The lowest BCUT2D eigenvalue weighted by Crippen LogP contribution is -2.16. The molecule has 0 bridgehead atoms. The third-order valence-corrected chi connectivity index (χ3v) is 5.66. The lowest BCUT2D eigenvalue weighted by atomic mass is 10.1. The Morgan fingerprint density at radius 2 is 1.82 bits per heavy atom. The summed E-state index contributed by atoms with van der Waals surface area (Å²) >= 11 is 0. The molecule has 1 N–H and O–H groups in total. The summed E-state index contributed by atoms with van der Waals surface area (Å²) in [6.07, 6.45) is 3.40. The van der Waals surface area contributed by atoms with Gasteiger partial charge in [0.25, 0.3) is 5.91 Å². The predicted molar refractivity (Wildman–Crippen MR) is 125 cm³/mol. The standard InChI is InChI=1S/C26H20F2N4O2/c1-15-10-11-21(17-6-4-12-29-23(15)17)31-26(33)24-16(2)30-25-22(9-5-13-32(24)25)34-14-18-19(27)7-3-8-20(18)28/h3-13H,14H2,1-2H3,(H,31,33). The zero-order chi connectivity index (χ0) is 23.8. The number of ether oxygens (including phenoxy) is 1. The van der Waals surface area contributed by atoms with Gasteiger partial charge in [-0.1, -0.05) is 12.1 Å². The number of imidazole rings is 1. The Kier molecular flexibility index (Phi) is 5.41. The van der Waals surface area contributed by atoms with Crippen molar-refractivity contribution in [2.75, 3.05) is 5.32 Å². The van der Waals surface area contributed by atoms with E-state index in [1.54, 1.807) is 35.9 Å². The molecular weight excluding hydrogens is 438 g/mol. The molecule has 0 atom stereocenters. The van der Waals surface area contributed by atoms with Crippen molar-refractivity contribution in [2.24, 2.45) is 0 Å². The fourth-order valence-corrected chi connectivity index (χ4v) is 3.97. The van der Waals surface area contributed by atoms with Crippen LogP contribution in [0.1, 0.15) is 27.3 Å². The molecule has 3 heterocycles. The lowest BCUT2D eigenvalue weighted by molar-refractivity contribution is 0.102. The predicted octanol–water partition coefficient (Wildman–Crippen LogP) is 5.61. The van der Waals surface area contributed by atoms with Gasteiger partial charge in [-0.15, -0.1) is 0 Å². The molecule has 0 unspecified atom stereocenters. The summed E-state index contributed by atoms with van der Waals surface area (Å²) < 4.78 is 35.3. The molecule has 0 saturated carbocycles. The van der Waals surface area contributed by atoms with E-state index in [2.05, 4.69) is 15.3 Å². The van der Waals surface area contributed by atoms with E-state index in [-0.39, 0.29) is 18.1 Å². The van der Waals surface area contributed by atoms with Gasteiger partial charge in [0.2, 0.25) is 0 Å². The number of rotatable bonds is 5. The smallest absolute Gasteiger partial charge is 0.274 e. The molecule has 0 aliphatic rings. The molecule has 0 radical (unpaired) electrons. The van der Waals surface area contributed by atoms with Crippen LogP contribution in [0.2, 0.25) is 0 Å². The number of aryl methyl sites for hydroxylation is 2. The second kappa shape index (κ2) is 8.55. The highest BCUT2D eigenvalue weighted by atomic mass is 19.1. The van der Waals surface area contributed by atoms with Crippen LogP contribution in [0.3, 0.4) is 0 Å². The van der Waals surface area contributed by atoms with Crippen LogP contribution in [0.25, 0.3) is 16.6 Å². The molecule has 0 aliphatic carbocycles. The van der Waals surface area contributed by atoms with Crippen LogP contribution >= 0.6 is 0 Å². The lowest BCUT2D eigenvalue weighted by Gasteiger charge is -2.11. The van der Waals surface area contributed by atoms with Gasteiger partial charge < -0.3 is 10.1 Å². The molecule has 5 rings (SSSR count). The highest BCUT2D eigenvalue weighted by molar-refractivity contribution is 6.09. The number of fused-ring (bicyclic) bond motifs is 2. The fourth-order valence-electron chi connectivity index (χ4n) is 3.97. The van der Waals surface area contributed by atoms with Gasteiger partial charge in [0.05, 0.1) is 22.5 Å². The maximum absolute atomic E-state index is 14.0. The van der Waals surface area contributed by atoms with Gasteiger partial charge in [-0.25, -0.2) is 13.8 Å². The number of carbonyl (C=O) groups is 1. The van der Waals surface area contributed by atoms with Gasteiger partial charge in [-0.3, -0.25) is 14.2 Å². The van der Waals surface area contributed by atoms with Crippen molar-refractivity contribution in [1.82, 2.24) is 14.4 Å². The number of anilines is 1. The Morgan fingerprint density at radius 1 is 1.03 bits per heavy atom. The molecule has 0 fully saturated rings. The topological polar surface area (TPSA) is 68.5 Å². The maximum atomic E-state index is 14.0. The highest BCUT2D eigenvalue weighted by Crippen LogP contribution is 2.27. The quantitative estimate of drug-likeness (QED) is 0.372. The van der Waals surface area contributed by atoms with Crippen molar-refractivity contribution in [1.29, 1.82) is 0 Å². The van der Waals surface area contributed by atoms with Crippen LogP contribution in [0.15, 0.2) is 67.0 Å². The summed E-state index contributed by atoms with van der Waals surface area (Å²) in [5.74, 6) is -1.42. The van der Waals surface area contributed by atoms with Gasteiger partial charge in [-0.05, 0) is 61.9 Å². The summed E-state index contributed by atoms with van der Waals surface area (Å²) in [4.78, 5) is 22.2. The van der Waals surface area contributed by atoms with Crippen molar-refractivity contribution in [3.05, 3.63) is 101 Å². The van der Waals surface area contributed by atoms with Gasteiger partial charge >= 0.3 is 0 Å². The Labute approximate surface area is 193 Å². The second-order valence-electron chi connectivity index (χ2n) is 7.88. The van der Waals surface area contributed by atoms with E-state index in [0.717, 1.165) is 16.5 Å². The third kappa shape index (κ3) is 3.73. The molecule has 3 aromatic heterocycles. The van der Waals surface area contributed by atoms with Crippen molar-refractivity contribution < 1.29 is 18.3 Å². The van der Waals surface area contributed by atoms with Crippen LogP contribution in [0, 0.1) is 25.5 Å². The Morgan fingerprint density at radius 3 is 2.62 bits per heavy atom. The Bertz CT molecular complexity index is 1540.